The zero-order valence-electron chi connectivity index (χ0n) is 22.4. The van der Waals surface area contributed by atoms with Crippen molar-refractivity contribution in [1.82, 2.24) is 5.32 Å². The molecule has 16 heteroatoms. The SMILES string of the molecule is CC(C)(C)C(=O)NC[C@H]1O[C@H](O[C@@H]2[C@@H](O)[C@H](O[C@H]3O[C@H](CN)[C@@H](O)[C@H](O)[C@H]3N)[C@@H](N)C[C@H]2N)[C@H](O)[C@@H](N)[C@@H]1O. The molecule has 16 N–H and O–H groups in total. The Labute approximate surface area is 227 Å². The highest BCUT2D eigenvalue weighted by Crippen LogP contribution is 2.31. The van der Waals surface area contributed by atoms with Gasteiger partial charge in [-0.1, -0.05) is 20.8 Å². The maximum absolute atomic E-state index is 12.3. The number of carbonyl (C=O) groups excluding carboxylic acids is 1. The van der Waals surface area contributed by atoms with E-state index in [1.807, 2.05) is 0 Å². The van der Waals surface area contributed by atoms with E-state index in [0.717, 1.165) is 0 Å². The second kappa shape index (κ2) is 12.8. The molecule has 0 aromatic heterocycles. The average Bonchev–Trinajstić information content (AvgIpc) is 2.87. The number of nitrogens with one attached hydrogen (secondary N) is 1. The van der Waals surface area contributed by atoms with Crippen molar-refractivity contribution in [2.75, 3.05) is 13.1 Å². The van der Waals surface area contributed by atoms with E-state index in [9.17, 15) is 30.3 Å². The summed E-state index contributed by atoms with van der Waals surface area (Å²) in [5.74, 6) is -0.285. The van der Waals surface area contributed by atoms with Crippen LogP contribution in [0.5, 0.6) is 0 Å². The van der Waals surface area contributed by atoms with Gasteiger partial charge >= 0.3 is 0 Å². The number of nitrogens with two attached hydrogens (primary N) is 5. The summed E-state index contributed by atoms with van der Waals surface area (Å²) in [7, 11) is 0. The zero-order valence-corrected chi connectivity index (χ0v) is 22.4. The minimum atomic E-state index is -1.50. The van der Waals surface area contributed by atoms with Crippen molar-refractivity contribution in [3.8, 4) is 0 Å². The average molecular weight is 567 g/mol. The molecule has 16 nitrogen and oxygen atoms in total. The van der Waals surface area contributed by atoms with E-state index in [-0.39, 0.29) is 25.4 Å². The molecule has 0 unspecified atom stereocenters. The van der Waals surface area contributed by atoms with Crippen molar-refractivity contribution in [3.05, 3.63) is 0 Å². The van der Waals surface area contributed by atoms with Gasteiger partial charge in [0.1, 0.15) is 48.8 Å². The van der Waals surface area contributed by atoms with Gasteiger partial charge in [0.2, 0.25) is 5.91 Å². The van der Waals surface area contributed by atoms with Crippen molar-refractivity contribution in [2.45, 2.75) is 119 Å². The second-order valence-corrected chi connectivity index (χ2v) is 11.7. The number of aliphatic hydroxyl groups is 5. The first-order chi connectivity index (χ1) is 18.1. The lowest BCUT2D eigenvalue weighted by atomic mass is 9.84. The topological polar surface area (TPSA) is 297 Å². The molecule has 228 valence electrons. The third-order valence-corrected chi connectivity index (χ3v) is 7.53. The van der Waals surface area contributed by atoms with Crippen LogP contribution in [-0.2, 0) is 23.7 Å². The number of aliphatic hydroxyl groups excluding tert-OH is 5. The predicted octanol–water partition coefficient (Wildman–Crippen LogP) is -6.16. The molecule has 3 rings (SSSR count). The quantitative estimate of drug-likeness (QED) is 0.137. The monoisotopic (exact) mass is 566 g/mol. The molecule has 0 radical (unpaired) electrons. The summed E-state index contributed by atoms with van der Waals surface area (Å²) in [6, 6.07) is -3.99. The minimum absolute atomic E-state index is 0.110. The van der Waals surface area contributed by atoms with Crippen molar-refractivity contribution < 1.29 is 49.3 Å². The van der Waals surface area contributed by atoms with Crippen LogP contribution in [0.15, 0.2) is 0 Å². The summed E-state index contributed by atoms with van der Waals surface area (Å²) in [5, 5.41) is 55.4. The molecule has 3 aliphatic rings. The first kappa shape index (κ1) is 32.4. The Balaban J connectivity index is 1.71. The molecule has 2 saturated heterocycles. The third kappa shape index (κ3) is 7.04. The number of ether oxygens (including phenoxy) is 4. The van der Waals surface area contributed by atoms with Gasteiger partial charge in [-0.05, 0) is 6.42 Å². The molecular formula is C23H46N6O10. The third-order valence-electron chi connectivity index (χ3n) is 7.53. The fraction of sp³-hybridized carbons (Fsp3) is 0.957. The van der Waals surface area contributed by atoms with Crippen molar-refractivity contribution in [2.24, 2.45) is 34.1 Å². The molecule has 0 spiro atoms. The van der Waals surface area contributed by atoms with Gasteiger partial charge < -0.3 is 78.5 Å². The second-order valence-electron chi connectivity index (χ2n) is 11.7. The van der Waals surface area contributed by atoms with E-state index in [1.54, 1.807) is 20.8 Å². The van der Waals surface area contributed by atoms with Crippen LogP contribution < -0.4 is 34.0 Å². The van der Waals surface area contributed by atoms with E-state index in [0.29, 0.717) is 0 Å². The van der Waals surface area contributed by atoms with Gasteiger partial charge in [-0.2, -0.15) is 0 Å². The van der Waals surface area contributed by atoms with Gasteiger partial charge in [-0.3, -0.25) is 4.79 Å². The van der Waals surface area contributed by atoms with Crippen LogP contribution >= 0.6 is 0 Å². The predicted molar refractivity (Wildman–Crippen MR) is 135 cm³/mol. The smallest absolute Gasteiger partial charge is 0.225 e. The molecule has 0 bridgehead atoms. The minimum Gasteiger partial charge on any atom is -0.389 e. The lowest BCUT2D eigenvalue weighted by molar-refractivity contribution is -0.316. The highest BCUT2D eigenvalue weighted by Gasteiger charge is 2.51. The van der Waals surface area contributed by atoms with Gasteiger partial charge in [0.25, 0.3) is 0 Å². The van der Waals surface area contributed by atoms with Gasteiger partial charge in [0.15, 0.2) is 12.6 Å². The lowest BCUT2D eigenvalue weighted by Crippen LogP contribution is -2.69. The zero-order chi connectivity index (χ0) is 29.4. The molecule has 2 aliphatic heterocycles. The van der Waals surface area contributed by atoms with Crippen LogP contribution in [-0.4, -0.2) is 136 Å². The van der Waals surface area contributed by atoms with Gasteiger partial charge in [0.05, 0.1) is 18.2 Å². The number of carbonyl (C=O) groups is 1. The highest BCUT2D eigenvalue weighted by molar-refractivity contribution is 5.81. The van der Waals surface area contributed by atoms with Gasteiger partial charge in [-0.15, -0.1) is 0 Å². The molecule has 3 fully saturated rings. The van der Waals surface area contributed by atoms with Crippen molar-refractivity contribution >= 4 is 5.91 Å². The van der Waals surface area contributed by atoms with E-state index < -0.39 is 97.1 Å². The number of rotatable bonds is 7. The number of hydrogen-bond acceptors (Lipinski definition) is 15. The fourth-order valence-corrected chi connectivity index (χ4v) is 4.92. The largest absolute Gasteiger partial charge is 0.389 e. The van der Waals surface area contributed by atoms with E-state index >= 15 is 0 Å². The summed E-state index contributed by atoms with van der Waals surface area (Å²) >= 11 is 0. The molecule has 15 atom stereocenters. The van der Waals surface area contributed by atoms with Crippen molar-refractivity contribution in [3.63, 3.8) is 0 Å². The Bertz CT molecular complexity index is 821. The Morgan fingerprint density at radius 3 is 1.87 bits per heavy atom. The summed E-state index contributed by atoms with van der Waals surface area (Å²) in [5.41, 5.74) is 29.4. The van der Waals surface area contributed by atoms with Crippen LogP contribution in [0.2, 0.25) is 0 Å². The van der Waals surface area contributed by atoms with Crippen LogP contribution in [0.3, 0.4) is 0 Å². The molecule has 1 saturated carbocycles. The summed E-state index contributed by atoms with van der Waals surface area (Å²) in [6.07, 6.45) is -13.9. The molecule has 1 amide bonds. The van der Waals surface area contributed by atoms with E-state index in [2.05, 4.69) is 5.32 Å². The highest BCUT2D eigenvalue weighted by atomic mass is 16.7. The summed E-state index contributed by atoms with van der Waals surface area (Å²) in [6.45, 7) is 4.94. The van der Waals surface area contributed by atoms with Crippen LogP contribution in [0.25, 0.3) is 0 Å². The molecule has 2 heterocycles. The van der Waals surface area contributed by atoms with Gasteiger partial charge in [-0.25, -0.2) is 0 Å². The molecular weight excluding hydrogens is 520 g/mol. The number of hydrogen-bond donors (Lipinski definition) is 11. The first-order valence-corrected chi connectivity index (χ1v) is 13.1. The molecule has 39 heavy (non-hydrogen) atoms. The lowest BCUT2D eigenvalue weighted by Gasteiger charge is -2.48. The van der Waals surface area contributed by atoms with Crippen LogP contribution in [0.1, 0.15) is 27.2 Å². The number of amides is 1. The van der Waals surface area contributed by atoms with E-state index in [1.165, 1.54) is 0 Å². The van der Waals surface area contributed by atoms with Crippen LogP contribution in [0, 0.1) is 5.41 Å². The Morgan fingerprint density at radius 1 is 0.795 bits per heavy atom. The van der Waals surface area contributed by atoms with E-state index in [4.69, 9.17) is 47.6 Å². The summed E-state index contributed by atoms with van der Waals surface area (Å²) < 4.78 is 23.1. The maximum Gasteiger partial charge on any atom is 0.225 e. The van der Waals surface area contributed by atoms with Crippen molar-refractivity contribution in [1.29, 1.82) is 0 Å². The standard InChI is InChI=1S/C23H46N6O10/c1-23(2,3)22(35)29-6-10-13(30)11(27)16(33)21(37-10)39-19-8(26)4-7(25)18(17(19)34)38-20-12(28)15(32)14(31)9(5-24)36-20/h7-21,30-34H,4-6,24-28H2,1-3H3,(H,29,35)/t7-,8+,9+,10+,11-,12+,13+,14+,15+,16+,17-,18+,19-,20+,21+/m0/s1. The first-order valence-electron chi connectivity index (χ1n) is 13.1. The normalized spacial score (nSPS) is 47.6. The Kier molecular flexibility index (Phi) is 10.7. The summed E-state index contributed by atoms with van der Waals surface area (Å²) in [4.78, 5) is 12.3. The molecule has 0 aromatic carbocycles. The Morgan fingerprint density at radius 2 is 1.33 bits per heavy atom. The Hall–Kier alpha value is -1.09. The van der Waals surface area contributed by atoms with Crippen LogP contribution in [0.4, 0.5) is 0 Å². The fourth-order valence-electron chi connectivity index (χ4n) is 4.92. The maximum atomic E-state index is 12.3. The van der Waals surface area contributed by atoms with Gasteiger partial charge in [0, 0.05) is 30.6 Å². The molecule has 0 aromatic rings. The molecule has 1 aliphatic carbocycles.